The number of benzene rings is 3. The average Bonchev–Trinajstić information content (AvgIpc) is 3.15. The predicted octanol–water partition coefficient (Wildman–Crippen LogP) is 4.60. The van der Waals surface area contributed by atoms with Crippen LogP contribution in [-0.4, -0.2) is 34.9 Å². The van der Waals surface area contributed by atoms with Gasteiger partial charge in [-0.2, -0.15) is 0 Å². The molecule has 28 heavy (non-hydrogen) atoms. The number of carbonyl (C=O) groups is 1. The summed E-state index contributed by atoms with van der Waals surface area (Å²) in [6.45, 7) is 0.414. The number of H-pyrrole nitrogens is 1. The molecule has 0 aliphatic carbocycles. The zero-order valence-electron chi connectivity index (χ0n) is 16.0. The number of nitrogens with one attached hydrogen (secondary N) is 1. The molecule has 5 heteroatoms. The summed E-state index contributed by atoms with van der Waals surface area (Å²) in [5.41, 5.74) is 4.44. The molecule has 4 rings (SSSR count). The molecule has 0 aliphatic heterocycles. The van der Waals surface area contributed by atoms with Gasteiger partial charge in [0.05, 0.1) is 28.8 Å². The molecule has 1 aromatic heterocycles. The summed E-state index contributed by atoms with van der Waals surface area (Å²) in [5, 5.41) is 0. The van der Waals surface area contributed by atoms with Crippen LogP contribution in [0, 0.1) is 0 Å². The molecule has 0 saturated carbocycles. The molecule has 4 aromatic rings. The van der Waals surface area contributed by atoms with Crippen LogP contribution in [0.3, 0.4) is 0 Å². The second kappa shape index (κ2) is 7.56. The van der Waals surface area contributed by atoms with Gasteiger partial charge < -0.3 is 14.8 Å². The highest BCUT2D eigenvalue weighted by Crippen LogP contribution is 2.27. The van der Waals surface area contributed by atoms with Gasteiger partial charge in [-0.1, -0.05) is 42.5 Å². The van der Waals surface area contributed by atoms with E-state index in [4.69, 9.17) is 0 Å². The maximum atomic E-state index is 13.2. The van der Waals surface area contributed by atoms with E-state index in [0.717, 1.165) is 28.2 Å². The van der Waals surface area contributed by atoms with E-state index in [1.54, 1.807) is 11.9 Å². The first-order valence-corrected chi connectivity index (χ1v) is 9.20. The van der Waals surface area contributed by atoms with E-state index < -0.39 is 0 Å². The van der Waals surface area contributed by atoms with Crippen LogP contribution < -0.4 is 4.90 Å². The molecule has 1 heterocycles. The molecule has 0 spiro atoms. The number of aromatic amines is 1. The third-order valence-electron chi connectivity index (χ3n) is 4.81. The summed E-state index contributed by atoms with van der Waals surface area (Å²) in [6.07, 6.45) is 0. The van der Waals surface area contributed by atoms with Gasteiger partial charge in [0.1, 0.15) is 5.82 Å². The van der Waals surface area contributed by atoms with Gasteiger partial charge in [0, 0.05) is 19.8 Å². The number of fused-ring (bicyclic) bond motifs is 1. The molecule has 1 amide bonds. The van der Waals surface area contributed by atoms with Crippen LogP contribution in [0.15, 0.2) is 78.9 Å². The SMILES string of the molecule is CN(Cc1nc2ccccc2[nH]1)C(=O)c1ccccc1N(C)c1ccccc1. The Bertz CT molecular complexity index is 1070. The Labute approximate surface area is 164 Å². The molecule has 140 valence electrons. The molecule has 0 saturated heterocycles. The Morgan fingerprint density at radius 3 is 2.36 bits per heavy atom. The Hall–Kier alpha value is -3.60. The normalized spacial score (nSPS) is 10.8. The molecule has 3 aromatic carbocycles. The van der Waals surface area contributed by atoms with Crippen LogP contribution in [0.25, 0.3) is 11.0 Å². The monoisotopic (exact) mass is 370 g/mol. The van der Waals surface area contributed by atoms with Crippen molar-refractivity contribution in [1.29, 1.82) is 0 Å². The highest BCUT2D eigenvalue weighted by molar-refractivity contribution is 6.00. The fourth-order valence-corrected chi connectivity index (χ4v) is 3.32. The first-order chi connectivity index (χ1) is 13.6. The summed E-state index contributed by atoms with van der Waals surface area (Å²) in [6, 6.07) is 25.6. The van der Waals surface area contributed by atoms with E-state index in [0.29, 0.717) is 12.1 Å². The molecule has 0 atom stereocenters. The van der Waals surface area contributed by atoms with Gasteiger partial charge in [-0.05, 0) is 36.4 Å². The number of hydrogen-bond acceptors (Lipinski definition) is 3. The highest BCUT2D eigenvalue weighted by atomic mass is 16.2. The minimum absolute atomic E-state index is 0.0427. The molecule has 0 aliphatic rings. The second-order valence-corrected chi connectivity index (χ2v) is 6.77. The summed E-state index contributed by atoms with van der Waals surface area (Å²) >= 11 is 0. The maximum Gasteiger partial charge on any atom is 0.256 e. The number of rotatable bonds is 5. The van der Waals surface area contributed by atoms with Crippen molar-refractivity contribution in [3.05, 3.63) is 90.3 Å². The molecular weight excluding hydrogens is 348 g/mol. The first-order valence-electron chi connectivity index (χ1n) is 9.20. The topological polar surface area (TPSA) is 52.2 Å². The number of imidazole rings is 1. The van der Waals surface area contributed by atoms with Crippen molar-refractivity contribution in [3.63, 3.8) is 0 Å². The van der Waals surface area contributed by atoms with Gasteiger partial charge in [-0.15, -0.1) is 0 Å². The van der Waals surface area contributed by atoms with Crippen molar-refractivity contribution in [3.8, 4) is 0 Å². The predicted molar refractivity (Wildman–Crippen MR) is 113 cm³/mol. The van der Waals surface area contributed by atoms with Gasteiger partial charge in [0.15, 0.2) is 0 Å². The summed E-state index contributed by atoms with van der Waals surface area (Å²) in [4.78, 5) is 24.8. The number of hydrogen-bond donors (Lipinski definition) is 1. The van der Waals surface area contributed by atoms with Crippen LogP contribution in [-0.2, 0) is 6.54 Å². The van der Waals surface area contributed by atoms with Gasteiger partial charge in [0.25, 0.3) is 5.91 Å². The fourth-order valence-electron chi connectivity index (χ4n) is 3.32. The number of anilines is 2. The Morgan fingerprint density at radius 1 is 0.893 bits per heavy atom. The van der Waals surface area contributed by atoms with E-state index in [1.807, 2.05) is 90.8 Å². The standard InChI is InChI=1S/C23H22N4O/c1-26(16-22-24-19-13-7-8-14-20(19)25-22)23(28)18-12-6-9-15-21(18)27(2)17-10-4-3-5-11-17/h3-15H,16H2,1-2H3,(H,24,25). The van der Waals surface area contributed by atoms with E-state index >= 15 is 0 Å². The van der Waals surface area contributed by atoms with E-state index in [2.05, 4.69) is 9.97 Å². The van der Waals surface area contributed by atoms with Crippen molar-refractivity contribution in [2.45, 2.75) is 6.54 Å². The van der Waals surface area contributed by atoms with Gasteiger partial charge in [-0.25, -0.2) is 4.98 Å². The second-order valence-electron chi connectivity index (χ2n) is 6.77. The highest BCUT2D eigenvalue weighted by Gasteiger charge is 2.19. The van der Waals surface area contributed by atoms with Crippen LogP contribution in [0.5, 0.6) is 0 Å². The van der Waals surface area contributed by atoms with Crippen molar-refractivity contribution >= 4 is 28.3 Å². The minimum atomic E-state index is -0.0427. The molecule has 0 unspecified atom stereocenters. The van der Waals surface area contributed by atoms with E-state index in [1.165, 1.54) is 0 Å². The maximum absolute atomic E-state index is 13.2. The molecule has 0 radical (unpaired) electrons. The Kier molecular flexibility index (Phi) is 4.81. The van der Waals surface area contributed by atoms with E-state index in [-0.39, 0.29) is 5.91 Å². The van der Waals surface area contributed by atoms with Crippen LogP contribution >= 0.6 is 0 Å². The molecule has 5 nitrogen and oxygen atoms in total. The summed E-state index contributed by atoms with van der Waals surface area (Å²) in [5.74, 6) is 0.727. The van der Waals surface area contributed by atoms with Crippen molar-refractivity contribution < 1.29 is 4.79 Å². The number of carbonyl (C=O) groups excluding carboxylic acids is 1. The lowest BCUT2D eigenvalue weighted by Crippen LogP contribution is -2.28. The van der Waals surface area contributed by atoms with Gasteiger partial charge in [-0.3, -0.25) is 4.79 Å². The smallest absolute Gasteiger partial charge is 0.256 e. The zero-order valence-corrected chi connectivity index (χ0v) is 16.0. The minimum Gasteiger partial charge on any atom is -0.344 e. The number of para-hydroxylation sites is 4. The Morgan fingerprint density at radius 2 is 1.57 bits per heavy atom. The molecule has 1 N–H and O–H groups in total. The lowest BCUT2D eigenvalue weighted by molar-refractivity contribution is 0.0782. The summed E-state index contributed by atoms with van der Waals surface area (Å²) in [7, 11) is 3.77. The molecular formula is C23H22N4O. The van der Waals surface area contributed by atoms with Crippen molar-refractivity contribution in [2.75, 3.05) is 19.0 Å². The number of amides is 1. The molecule has 0 bridgehead atoms. The third kappa shape index (κ3) is 3.47. The van der Waals surface area contributed by atoms with Crippen LogP contribution in [0.1, 0.15) is 16.2 Å². The number of aromatic nitrogens is 2. The summed E-state index contributed by atoms with van der Waals surface area (Å²) < 4.78 is 0. The fraction of sp³-hybridized carbons (Fsp3) is 0.130. The average molecular weight is 370 g/mol. The van der Waals surface area contributed by atoms with Gasteiger partial charge in [0.2, 0.25) is 0 Å². The zero-order chi connectivity index (χ0) is 19.5. The van der Waals surface area contributed by atoms with Crippen LogP contribution in [0.4, 0.5) is 11.4 Å². The lowest BCUT2D eigenvalue weighted by Gasteiger charge is -2.24. The van der Waals surface area contributed by atoms with E-state index in [9.17, 15) is 4.79 Å². The quantitative estimate of drug-likeness (QED) is 0.558. The van der Waals surface area contributed by atoms with Crippen molar-refractivity contribution in [2.24, 2.45) is 0 Å². The first kappa shape index (κ1) is 17.8. The largest absolute Gasteiger partial charge is 0.344 e. The Balaban J connectivity index is 1.59. The number of nitrogens with zero attached hydrogens (tertiary/aromatic N) is 3. The molecule has 0 fully saturated rings. The van der Waals surface area contributed by atoms with Gasteiger partial charge >= 0.3 is 0 Å². The third-order valence-corrected chi connectivity index (χ3v) is 4.81. The van der Waals surface area contributed by atoms with Crippen LogP contribution in [0.2, 0.25) is 0 Å². The van der Waals surface area contributed by atoms with Crippen molar-refractivity contribution in [1.82, 2.24) is 14.9 Å². The lowest BCUT2D eigenvalue weighted by atomic mass is 10.1.